The maximum Gasteiger partial charge on any atom is 0.211 e. The average molecular weight is 278 g/mol. The van der Waals surface area contributed by atoms with Crippen LogP contribution in [0.3, 0.4) is 0 Å². The minimum atomic E-state index is -3.07. The standard InChI is InChI=1S/C12H26N2O3S/c1-3-18(16,17)13-8-9-14(2)12-6-4-11(10-15)5-7-12/h11-13,15H,3-10H2,1-2H3. The first-order valence-electron chi connectivity index (χ1n) is 6.77. The molecule has 1 aliphatic rings. The van der Waals surface area contributed by atoms with Gasteiger partial charge in [-0.25, -0.2) is 13.1 Å². The van der Waals surface area contributed by atoms with E-state index in [9.17, 15) is 8.42 Å². The van der Waals surface area contributed by atoms with E-state index in [1.165, 1.54) is 0 Å². The van der Waals surface area contributed by atoms with Gasteiger partial charge >= 0.3 is 0 Å². The first-order chi connectivity index (χ1) is 8.48. The summed E-state index contributed by atoms with van der Waals surface area (Å²) in [6.07, 6.45) is 4.35. The number of likely N-dealkylation sites (N-methyl/N-ethyl adjacent to an activating group) is 1. The van der Waals surface area contributed by atoms with Crippen molar-refractivity contribution in [1.82, 2.24) is 9.62 Å². The van der Waals surface area contributed by atoms with Gasteiger partial charge in [-0.1, -0.05) is 0 Å². The zero-order chi connectivity index (χ0) is 13.6. The Balaban J connectivity index is 2.23. The number of nitrogens with zero attached hydrogens (tertiary/aromatic N) is 1. The largest absolute Gasteiger partial charge is 0.396 e. The molecule has 0 heterocycles. The smallest absolute Gasteiger partial charge is 0.211 e. The van der Waals surface area contributed by atoms with Gasteiger partial charge in [0.2, 0.25) is 10.0 Å². The molecule has 0 aromatic heterocycles. The highest BCUT2D eigenvalue weighted by Crippen LogP contribution is 2.26. The van der Waals surface area contributed by atoms with Crippen molar-refractivity contribution in [3.63, 3.8) is 0 Å². The van der Waals surface area contributed by atoms with Crippen molar-refractivity contribution in [1.29, 1.82) is 0 Å². The predicted octanol–water partition coefficient (Wildman–Crippen LogP) is 0.409. The Morgan fingerprint density at radius 3 is 2.39 bits per heavy atom. The number of sulfonamides is 1. The van der Waals surface area contributed by atoms with Crippen LogP contribution in [0.15, 0.2) is 0 Å². The van der Waals surface area contributed by atoms with Crippen LogP contribution < -0.4 is 4.72 Å². The third-order valence-corrected chi connectivity index (χ3v) is 5.27. The summed E-state index contributed by atoms with van der Waals surface area (Å²) in [6, 6.07) is 0.527. The maximum atomic E-state index is 11.3. The Labute approximate surface area is 111 Å². The second-order valence-electron chi connectivity index (χ2n) is 5.14. The quantitative estimate of drug-likeness (QED) is 0.707. The van der Waals surface area contributed by atoms with Crippen LogP contribution in [-0.4, -0.2) is 57.0 Å². The van der Waals surface area contributed by atoms with Gasteiger partial charge in [-0.15, -0.1) is 0 Å². The lowest BCUT2D eigenvalue weighted by molar-refractivity contribution is 0.129. The van der Waals surface area contributed by atoms with Crippen LogP contribution in [0, 0.1) is 5.92 Å². The number of aliphatic hydroxyl groups excluding tert-OH is 1. The summed E-state index contributed by atoms with van der Waals surface area (Å²) in [5.74, 6) is 0.603. The minimum absolute atomic E-state index is 0.137. The van der Waals surface area contributed by atoms with Crippen LogP contribution in [-0.2, 0) is 10.0 Å². The first kappa shape index (κ1) is 15.9. The molecule has 1 fully saturated rings. The predicted molar refractivity (Wildman–Crippen MR) is 72.9 cm³/mol. The van der Waals surface area contributed by atoms with E-state index < -0.39 is 10.0 Å². The van der Waals surface area contributed by atoms with E-state index in [4.69, 9.17) is 5.11 Å². The minimum Gasteiger partial charge on any atom is -0.396 e. The molecule has 0 aromatic carbocycles. The summed E-state index contributed by atoms with van der Waals surface area (Å²) in [5.41, 5.74) is 0. The molecule has 0 radical (unpaired) electrons. The SMILES string of the molecule is CCS(=O)(=O)NCCN(C)C1CCC(CO)CC1. The Morgan fingerprint density at radius 2 is 1.89 bits per heavy atom. The topological polar surface area (TPSA) is 69.6 Å². The van der Waals surface area contributed by atoms with Gasteiger partial charge < -0.3 is 10.0 Å². The number of hydrogen-bond acceptors (Lipinski definition) is 4. The highest BCUT2D eigenvalue weighted by Gasteiger charge is 2.23. The van der Waals surface area contributed by atoms with Crippen LogP contribution >= 0.6 is 0 Å². The van der Waals surface area contributed by atoms with Gasteiger partial charge in [-0.3, -0.25) is 0 Å². The third kappa shape index (κ3) is 5.22. The molecule has 1 rings (SSSR count). The van der Waals surface area contributed by atoms with E-state index in [-0.39, 0.29) is 5.75 Å². The van der Waals surface area contributed by atoms with Gasteiger partial charge in [0.05, 0.1) is 5.75 Å². The number of nitrogens with one attached hydrogen (secondary N) is 1. The Morgan fingerprint density at radius 1 is 1.28 bits per heavy atom. The highest BCUT2D eigenvalue weighted by molar-refractivity contribution is 7.89. The van der Waals surface area contributed by atoms with Crippen LogP contribution in [0.5, 0.6) is 0 Å². The monoisotopic (exact) mass is 278 g/mol. The van der Waals surface area contributed by atoms with E-state index >= 15 is 0 Å². The summed E-state index contributed by atoms with van der Waals surface area (Å²) >= 11 is 0. The number of hydrogen-bond donors (Lipinski definition) is 2. The fraction of sp³-hybridized carbons (Fsp3) is 1.00. The molecule has 0 bridgehead atoms. The van der Waals surface area contributed by atoms with E-state index in [1.54, 1.807) is 6.92 Å². The zero-order valence-corrected chi connectivity index (χ0v) is 12.2. The van der Waals surface area contributed by atoms with Gasteiger partial charge in [-0.05, 0) is 45.6 Å². The molecule has 0 unspecified atom stereocenters. The van der Waals surface area contributed by atoms with Crippen molar-refractivity contribution in [2.45, 2.75) is 38.6 Å². The molecular weight excluding hydrogens is 252 g/mol. The van der Waals surface area contributed by atoms with E-state index in [0.29, 0.717) is 25.1 Å². The van der Waals surface area contributed by atoms with Crippen molar-refractivity contribution in [3.05, 3.63) is 0 Å². The van der Waals surface area contributed by atoms with Crippen LogP contribution in [0.1, 0.15) is 32.6 Å². The van der Waals surface area contributed by atoms with Crippen molar-refractivity contribution in [2.24, 2.45) is 5.92 Å². The lowest BCUT2D eigenvalue weighted by atomic mass is 9.86. The Bertz CT molecular complexity index is 324. The Kier molecular flexibility index (Phi) is 6.55. The Hall–Kier alpha value is -0.170. The van der Waals surface area contributed by atoms with E-state index in [1.807, 2.05) is 7.05 Å². The number of rotatable bonds is 7. The molecule has 0 aromatic rings. The first-order valence-corrected chi connectivity index (χ1v) is 8.42. The van der Waals surface area contributed by atoms with Crippen LogP contribution in [0.25, 0.3) is 0 Å². The molecule has 2 N–H and O–H groups in total. The zero-order valence-electron chi connectivity index (χ0n) is 11.4. The molecule has 1 aliphatic carbocycles. The molecule has 6 heteroatoms. The molecule has 18 heavy (non-hydrogen) atoms. The second-order valence-corrected chi connectivity index (χ2v) is 7.23. The molecule has 5 nitrogen and oxygen atoms in total. The molecular formula is C12H26N2O3S. The molecule has 0 amide bonds. The summed E-state index contributed by atoms with van der Waals surface area (Å²) in [4.78, 5) is 2.23. The van der Waals surface area contributed by atoms with E-state index in [2.05, 4.69) is 9.62 Å². The second kappa shape index (κ2) is 7.43. The number of aliphatic hydroxyl groups is 1. The summed E-state index contributed by atoms with van der Waals surface area (Å²) in [5, 5.41) is 9.08. The molecule has 0 saturated heterocycles. The van der Waals surface area contributed by atoms with Gasteiger partial charge in [0, 0.05) is 25.7 Å². The molecule has 0 spiro atoms. The fourth-order valence-corrected chi connectivity index (χ4v) is 3.04. The summed E-state index contributed by atoms with van der Waals surface area (Å²) in [6.45, 7) is 3.16. The van der Waals surface area contributed by atoms with Gasteiger partial charge in [-0.2, -0.15) is 0 Å². The lowest BCUT2D eigenvalue weighted by Crippen LogP contribution is -2.40. The van der Waals surface area contributed by atoms with Gasteiger partial charge in [0.15, 0.2) is 0 Å². The highest BCUT2D eigenvalue weighted by atomic mass is 32.2. The fourth-order valence-electron chi connectivity index (χ4n) is 2.43. The van der Waals surface area contributed by atoms with Gasteiger partial charge in [0.25, 0.3) is 0 Å². The van der Waals surface area contributed by atoms with Crippen LogP contribution in [0.4, 0.5) is 0 Å². The normalized spacial score (nSPS) is 25.6. The van der Waals surface area contributed by atoms with Crippen LogP contribution in [0.2, 0.25) is 0 Å². The summed E-state index contributed by atoms with van der Waals surface area (Å²) < 4.78 is 25.2. The molecule has 1 saturated carbocycles. The molecule has 108 valence electrons. The van der Waals surface area contributed by atoms with Gasteiger partial charge in [0.1, 0.15) is 0 Å². The van der Waals surface area contributed by atoms with Crippen molar-refractivity contribution < 1.29 is 13.5 Å². The average Bonchev–Trinajstić information content (AvgIpc) is 2.38. The van der Waals surface area contributed by atoms with Crippen molar-refractivity contribution >= 4 is 10.0 Å². The van der Waals surface area contributed by atoms with Crippen molar-refractivity contribution in [3.8, 4) is 0 Å². The molecule has 0 aliphatic heterocycles. The van der Waals surface area contributed by atoms with Crippen molar-refractivity contribution in [2.75, 3.05) is 32.5 Å². The lowest BCUT2D eigenvalue weighted by Gasteiger charge is -2.34. The maximum absolute atomic E-state index is 11.3. The van der Waals surface area contributed by atoms with E-state index in [0.717, 1.165) is 32.2 Å². The summed E-state index contributed by atoms with van der Waals surface area (Å²) in [7, 11) is -1.02. The molecule has 0 atom stereocenters. The third-order valence-electron chi connectivity index (χ3n) is 3.86.